The lowest BCUT2D eigenvalue weighted by Gasteiger charge is -2.09. The minimum atomic E-state index is -0.810. The number of thiophene rings is 1. The lowest BCUT2D eigenvalue weighted by Crippen LogP contribution is -2.32. The molecule has 1 heterocycles. The molecule has 0 spiro atoms. The van der Waals surface area contributed by atoms with E-state index in [1.165, 1.54) is 23.5 Å². The highest BCUT2D eigenvalue weighted by Gasteiger charge is 2.27. The average molecular weight is 418 g/mol. The number of nitrogens with one attached hydrogen (secondary N) is 2. The smallest absolute Gasteiger partial charge is 0.414 e. The number of carbonyl (C=O) groups excluding carboxylic acids is 3. The predicted octanol–water partition coefficient (Wildman–Crippen LogP) is 4.22. The summed E-state index contributed by atoms with van der Waals surface area (Å²) < 4.78 is 17.9. The summed E-state index contributed by atoms with van der Waals surface area (Å²) in [6.45, 7) is 1.81. The first kappa shape index (κ1) is 21.0. The molecule has 0 bridgehead atoms. The molecule has 3 rings (SSSR count). The van der Waals surface area contributed by atoms with Gasteiger partial charge in [0.1, 0.15) is 10.8 Å². The van der Waals surface area contributed by atoms with Crippen LogP contribution in [0.1, 0.15) is 52.5 Å². The van der Waals surface area contributed by atoms with E-state index in [9.17, 15) is 18.8 Å². The third kappa shape index (κ3) is 5.41. The van der Waals surface area contributed by atoms with E-state index in [0.717, 1.165) is 42.5 Å². The molecule has 1 aliphatic rings. The monoisotopic (exact) mass is 418 g/mol. The number of alkyl carbamates (subject to hydrolysis) is 1. The molecule has 2 aromatic rings. The van der Waals surface area contributed by atoms with E-state index in [1.54, 1.807) is 19.1 Å². The molecular formula is C21H23FN2O4S. The molecule has 29 heavy (non-hydrogen) atoms. The van der Waals surface area contributed by atoms with Gasteiger partial charge >= 0.3 is 6.09 Å². The molecule has 1 aliphatic carbocycles. The first-order chi connectivity index (χ1) is 14.0. The number of anilines is 1. The fraction of sp³-hybridized carbons (Fsp3) is 0.381. The molecule has 1 aromatic heterocycles. The van der Waals surface area contributed by atoms with E-state index < -0.39 is 12.0 Å². The Morgan fingerprint density at radius 2 is 1.83 bits per heavy atom. The second-order valence-electron chi connectivity index (χ2n) is 6.79. The third-order valence-corrected chi connectivity index (χ3v) is 5.88. The Labute approximate surface area is 172 Å². The van der Waals surface area contributed by atoms with Gasteiger partial charge in [-0.1, -0.05) is 18.6 Å². The van der Waals surface area contributed by atoms with Crippen LogP contribution in [0.5, 0.6) is 0 Å². The summed E-state index contributed by atoms with van der Waals surface area (Å²) in [7, 11) is 0. The van der Waals surface area contributed by atoms with Gasteiger partial charge in [0.25, 0.3) is 5.91 Å². The molecule has 2 N–H and O–H groups in total. The molecule has 3 amide bonds. The van der Waals surface area contributed by atoms with E-state index in [0.29, 0.717) is 16.1 Å². The molecule has 154 valence electrons. The fourth-order valence-electron chi connectivity index (χ4n) is 3.35. The zero-order valence-electron chi connectivity index (χ0n) is 16.2. The first-order valence-electron chi connectivity index (χ1n) is 9.65. The average Bonchev–Trinajstić information content (AvgIpc) is 2.84. The molecule has 0 saturated heterocycles. The molecule has 6 nitrogen and oxygen atoms in total. The Balaban J connectivity index is 1.82. The summed E-state index contributed by atoms with van der Waals surface area (Å²) in [5, 5.41) is 5.48. The van der Waals surface area contributed by atoms with Gasteiger partial charge in [0, 0.05) is 4.88 Å². The first-order valence-corrected chi connectivity index (χ1v) is 10.5. The summed E-state index contributed by atoms with van der Waals surface area (Å²) in [5.41, 5.74) is 1.90. The van der Waals surface area contributed by atoms with Crippen molar-refractivity contribution in [3.05, 3.63) is 51.7 Å². The fourth-order valence-corrected chi connectivity index (χ4v) is 4.65. The topological polar surface area (TPSA) is 84.5 Å². The van der Waals surface area contributed by atoms with Gasteiger partial charge in [0.05, 0.1) is 18.6 Å². The van der Waals surface area contributed by atoms with Crippen molar-refractivity contribution in [2.45, 2.75) is 45.4 Å². The van der Waals surface area contributed by atoms with Crippen molar-refractivity contribution >= 4 is 34.2 Å². The highest BCUT2D eigenvalue weighted by molar-refractivity contribution is 7.17. The number of carbonyl (C=O) groups is 3. The number of aryl methyl sites for hydroxylation is 1. The number of amides is 3. The van der Waals surface area contributed by atoms with Gasteiger partial charge in [-0.05, 0) is 55.9 Å². The maximum absolute atomic E-state index is 13.1. The number of fused-ring (bicyclic) bond motifs is 1. The number of rotatable bonds is 5. The maximum atomic E-state index is 13.1. The Hall–Kier alpha value is -2.74. The number of hydrogen-bond donors (Lipinski definition) is 2. The number of ether oxygens (including phenoxy) is 1. The number of hydrogen-bond acceptors (Lipinski definition) is 5. The van der Waals surface area contributed by atoms with E-state index in [2.05, 4.69) is 10.6 Å². The SMILES string of the molecule is CCOC(=O)NC(=O)c1c(NC(=O)Cc2ccc(F)cc2)sc2c1CCCCC2. The lowest BCUT2D eigenvalue weighted by molar-refractivity contribution is -0.115. The van der Waals surface area contributed by atoms with Crippen molar-refractivity contribution in [2.75, 3.05) is 11.9 Å². The standard InChI is InChI=1S/C21H23FN2O4S/c1-2-28-21(27)24-19(26)18-15-6-4-3-5-7-16(15)29-20(18)23-17(25)12-13-8-10-14(22)11-9-13/h8-11H,2-7,12H2,1H3,(H,23,25)(H,24,26,27). The second-order valence-corrected chi connectivity index (χ2v) is 7.90. The van der Waals surface area contributed by atoms with Crippen molar-refractivity contribution in [3.8, 4) is 0 Å². The van der Waals surface area contributed by atoms with E-state index in [1.807, 2.05) is 0 Å². The molecule has 0 unspecified atom stereocenters. The molecular weight excluding hydrogens is 395 g/mol. The Bertz CT molecular complexity index is 908. The van der Waals surface area contributed by atoms with E-state index in [4.69, 9.17) is 4.74 Å². The lowest BCUT2D eigenvalue weighted by atomic mass is 10.0. The van der Waals surface area contributed by atoms with Gasteiger partial charge in [-0.3, -0.25) is 14.9 Å². The number of imide groups is 1. The van der Waals surface area contributed by atoms with Crippen LogP contribution in [-0.4, -0.2) is 24.5 Å². The molecule has 0 radical (unpaired) electrons. The highest BCUT2D eigenvalue weighted by atomic mass is 32.1. The second kappa shape index (κ2) is 9.65. The molecule has 0 fully saturated rings. The predicted molar refractivity (Wildman–Crippen MR) is 109 cm³/mol. The van der Waals surface area contributed by atoms with Gasteiger partial charge in [-0.25, -0.2) is 9.18 Å². The number of halogens is 1. The largest absolute Gasteiger partial charge is 0.450 e. The Morgan fingerprint density at radius 1 is 1.10 bits per heavy atom. The minimum absolute atomic E-state index is 0.0573. The van der Waals surface area contributed by atoms with E-state index in [-0.39, 0.29) is 24.8 Å². The third-order valence-electron chi connectivity index (χ3n) is 4.67. The summed E-state index contributed by atoms with van der Waals surface area (Å²) in [6.07, 6.45) is 3.87. The van der Waals surface area contributed by atoms with Gasteiger partial charge in [-0.15, -0.1) is 11.3 Å². The van der Waals surface area contributed by atoms with Crippen molar-refractivity contribution in [2.24, 2.45) is 0 Å². The van der Waals surface area contributed by atoms with Crippen LogP contribution in [0.4, 0.5) is 14.2 Å². The van der Waals surface area contributed by atoms with Crippen LogP contribution in [0.15, 0.2) is 24.3 Å². The summed E-state index contributed by atoms with van der Waals surface area (Å²) >= 11 is 1.38. The van der Waals surface area contributed by atoms with Crippen molar-refractivity contribution < 1.29 is 23.5 Å². The molecule has 0 aliphatic heterocycles. The molecule has 0 saturated carbocycles. The minimum Gasteiger partial charge on any atom is -0.450 e. The van der Waals surface area contributed by atoms with Crippen LogP contribution in [0, 0.1) is 5.82 Å². The highest BCUT2D eigenvalue weighted by Crippen LogP contribution is 2.37. The maximum Gasteiger partial charge on any atom is 0.414 e. The van der Waals surface area contributed by atoms with Gasteiger partial charge in [-0.2, -0.15) is 0 Å². The van der Waals surface area contributed by atoms with Gasteiger partial charge in [0.15, 0.2) is 0 Å². The Kier molecular flexibility index (Phi) is 6.98. The van der Waals surface area contributed by atoms with Crippen LogP contribution < -0.4 is 10.6 Å². The van der Waals surface area contributed by atoms with Crippen LogP contribution in [0.2, 0.25) is 0 Å². The summed E-state index contributed by atoms with van der Waals surface area (Å²) in [6, 6.07) is 5.70. The van der Waals surface area contributed by atoms with E-state index >= 15 is 0 Å². The summed E-state index contributed by atoms with van der Waals surface area (Å²) in [5.74, 6) is -1.24. The van der Waals surface area contributed by atoms with Crippen molar-refractivity contribution in [3.63, 3.8) is 0 Å². The van der Waals surface area contributed by atoms with Crippen LogP contribution in [0.3, 0.4) is 0 Å². The van der Waals surface area contributed by atoms with Crippen molar-refractivity contribution in [1.82, 2.24) is 5.32 Å². The quantitative estimate of drug-likeness (QED) is 0.712. The summed E-state index contributed by atoms with van der Waals surface area (Å²) in [4.78, 5) is 38.1. The van der Waals surface area contributed by atoms with Crippen LogP contribution >= 0.6 is 11.3 Å². The van der Waals surface area contributed by atoms with Crippen molar-refractivity contribution in [1.29, 1.82) is 0 Å². The Morgan fingerprint density at radius 3 is 2.55 bits per heavy atom. The van der Waals surface area contributed by atoms with Gasteiger partial charge < -0.3 is 10.1 Å². The molecule has 0 atom stereocenters. The molecule has 1 aromatic carbocycles. The van der Waals surface area contributed by atoms with Crippen LogP contribution in [0.25, 0.3) is 0 Å². The number of benzene rings is 1. The van der Waals surface area contributed by atoms with Crippen LogP contribution in [-0.2, 0) is 28.8 Å². The molecule has 8 heteroatoms. The zero-order valence-corrected chi connectivity index (χ0v) is 17.0. The zero-order chi connectivity index (χ0) is 20.8. The normalized spacial score (nSPS) is 13.2. The van der Waals surface area contributed by atoms with Gasteiger partial charge in [0.2, 0.25) is 5.91 Å².